The van der Waals surface area contributed by atoms with Crippen molar-refractivity contribution in [1.29, 1.82) is 0 Å². The van der Waals surface area contributed by atoms with Crippen LogP contribution in [0.1, 0.15) is 17.3 Å². The molecule has 4 rings (SSSR count). The molecule has 6 heteroatoms. The smallest absolute Gasteiger partial charge is 0.339 e. The van der Waals surface area contributed by atoms with E-state index in [4.69, 9.17) is 9.15 Å². The van der Waals surface area contributed by atoms with E-state index in [-0.39, 0.29) is 5.91 Å². The highest BCUT2D eigenvalue weighted by molar-refractivity contribution is 6.06. The molecule has 2 heterocycles. The predicted octanol–water partition coefficient (Wildman–Crippen LogP) is 4.70. The molecule has 150 valence electrons. The molecule has 0 saturated carbocycles. The maximum atomic E-state index is 13.0. The van der Waals surface area contributed by atoms with Crippen molar-refractivity contribution < 1.29 is 18.7 Å². The molecular formula is C24H20N2O4. The number of aromatic nitrogens is 1. The standard InChI is InChI=1S/C24H20N2O4/c1-16(23(27)26(2)17-9-4-3-5-10-17)30-24(28)19-15-21(22-13-8-14-29-22)25-20-12-7-6-11-18(19)20/h3-16H,1-2H3/t16-/m0/s1. The number of nitrogens with zero attached hydrogens (tertiary/aromatic N) is 2. The first kappa shape index (κ1) is 19.4. The van der Waals surface area contributed by atoms with E-state index < -0.39 is 12.1 Å². The molecule has 0 bridgehead atoms. The molecule has 0 N–H and O–H groups in total. The van der Waals surface area contributed by atoms with E-state index in [9.17, 15) is 9.59 Å². The Morgan fingerprint density at radius 1 is 1.00 bits per heavy atom. The van der Waals surface area contributed by atoms with Crippen LogP contribution in [0.4, 0.5) is 5.69 Å². The Kier molecular flexibility index (Phi) is 5.30. The van der Waals surface area contributed by atoms with Crippen molar-refractivity contribution in [3.05, 3.63) is 84.6 Å². The number of benzene rings is 2. The zero-order valence-corrected chi connectivity index (χ0v) is 16.6. The third kappa shape index (κ3) is 3.80. The van der Waals surface area contributed by atoms with Crippen LogP contribution < -0.4 is 4.90 Å². The average Bonchev–Trinajstić information content (AvgIpc) is 3.33. The summed E-state index contributed by atoms with van der Waals surface area (Å²) in [5.74, 6) is -0.370. The quantitative estimate of drug-likeness (QED) is 0.454. The molecule has 0 aliphatic rings. The summed E-state index contributed by atoms with van der Waals surface area (Å²) in [5, 5.41) is 0.647. The third-order valence-corrected chi connectivity index (χ3v) is 4.82. The highest BCUT2D eigenvalue weighted by atomic mass is 16.5. The maximum Gasteiger partial charge on any atom is 0.339 e. The number of furan rings is 1. The summed E-state index contributed by atoms with van der Waals surface area (Å²) in [7, 11) is 1.65. The topological polar surface area (TPSA) is 72.6 Å². The van der Waals surface area contributed by atoms with Gasteiger partial charge in [0.05, 0.1) is 17.3 Å². The summed E-state index contributed by atoms with van der Waals surface area (Å²) in [6, 6.07) is 21.6. The Hall–Kier alpha value is -3.93. The molecule has 2 aromatic carbocycles. The van der Waals surface area contributed by atoms with Gasteiger partial charge in [0.1, 0.15) is 5.69 Å². The minimum atomic E-state index is -0.957. The van der Waals surface area contributed by atoms with Crippen LogP contribution in [-0.4, -0.2) is 30.0 Å². The van der Waals surface area contributed by atoms with Gasteiger partial charge in [-0.15, -0.1) is 0 Å². The fraction of sp³-hybridized carbons (Fsp3) is 0.125. The first-order valence-electron chi connectivity index (χ1n) is 9.52. The summed E-state index contributed by atoms with van der Waals surface area (Å²) in [5.41, 5.74) is 2.21. The number of fused-ring (bicyclic) bond motifs is 1. The second-order valence-corrected chi connectivity index (χ2v) is 6.83. The number of amides is 1. The number of para-hydroxylation sites is 2. The van der Waals surface area contributed by atoms with E-state index in [0.717, 1.165) is 5.69 Å². The van der Waals surface area contributed by atoms with E-state index in [0.29, 0.717) is 27.9 Å². The van der Waals surface area contributed by atoms with E-state index >= 15 is 0 Å². The first-order valence-corrected chi connectivity index (χ1v) is 9.52. The number of carbonyl (C=O) groups excluding carboxylic acids is 2. The number of esters is 1. The lowest BCUT2D eigenvalue weighted by molar-refractivity contribution is -0.126. The molecular weight excluding hydrogens is 380 g/mol. The second kappa shape index (κ2) is 8.21. The zero-order valence-electron chi connectivity index (χ0n) is 16.6. The van der Waals surface area contributed by atoms with Gasteiger partial charge in [0.25, 0.3) is 5.91 Å². The molecule has 0 unspecified atom stereocenters. The molecule has 0 radical (unpaired) electrons. The Morgan fingerprint density at radius 3 is 2.47 bits per heavy atom. The van der Waals surface area contributed by atoms with Gasteiger partial charge in [-0.05, 0) is 43.3 Å². The van der Waals surface area contributed by atoms with E-state index in [1.807, 2.05) is 48.5 Å². The van der Waals surface area contributed by atoms with Gasteiger partial charge in [-0.25, -0.2) is 9.78 Å². The fourth-order valence-corrected chi connectivity index (χ4v) is 3.22. The van der Waals surface area contributed by atoms with E-state index in [2.05, 4.69) is 4.98 Å². The second-order valence-electron chi connectivity index (χ2n) is 6.83. The van der Waals surface area contributed by atoms with Gasteiger partial charge in [0.2, 0.25) is 0 Å². The normalized spacial score (nSPS) is 11.8. The number of carbonyl (C=O) groups is 2. The average molecular weight is 400 g/mol. The minimum Gasteiger partial charge on any atom is -0.463 e. The number of anilines is 1. The van der Waals surface area contributed by atoms with Gasteiger partial charge >= 0.3 is 5.97 Å². The van der Waals surface area contributed by atoms with E-state index in [1.165, 1.54) is 4.90 Å². The molecule has 30 heavy (non-hydrogen) atoms. The molecule has 1 atom stereocenters. The molecule has 0 aliphatic heterocycles. The van der Waals surface area contributed by atoms with Crippen LogP contribution in [0.15, 0.2) is 83.5 Å². The molecule has 2 aromatic heterocycles. The molecule has 0 saturated heterocycles. The van der Waals surface area contributed by atoms with Crippen molar-refractivity contribution in [2.45, 2.75) is 13.0 Å². The Morgan fingerprint density at radius 2 is 1.73 bits per heavy atom. The number of rotatable bonds is 5. The Balaban J connectivity index is 1.62. The summed E-state index contributed by atoms with van der Waals surface area (Å²) in [6.45, 7) is 1.57. The minimum absolute atomic E-state index is 0.320. The van der Waals surface area contributed by atoms with Crippen molar-refractivity contribution in [3.63, 3.8) is 0 Å². The number of pyridine rings is 1. The molecule has 0 spiro atoms. The van der Waals surface area contributed by atoms with Crippen LogP contribution in [0.5, 0.6) is 0 Å². The lowest BCUT2D eigenvalue weighted by Gasteiger charge is -2.21. The zero-order chi connectivity index (χ0) is 21.1. The monoisotopic (exact) mass is 400 g/mol. The van der Waals surface area contributed by atoms with Gasteiger partial charge < -0.3 is 14.1 Å². The van der Waals surface area contributed by atoms with Crippen LogP contribution in [0.2, 0.25) is 0 Å². The van der Waals surface area contributed by atoms with Gasteiger partial charge in [0.15, 0.2) is 11.9 Å². The number of hydrogen-bond donors (Lipinski definition) is 0. The Labute approximate surface area is 173 Å². The summed E-state index contributed by atoms with van der Waals surface area (Å²) in [4.78, 5) is 31.8. The predicted molar refractivity (Wildman–Crippen MR) is 114 cm³/mol. The number of ether oxygens (including phenoxy) is 1. The largest absolute Gasteiger partial charge is 0.463 e. The van der Waals surface area contributed by atoms with Crippen molar-refractivity contribution in [2.24, 2.45) is 0 Å². The highest BCUT2D eigenvalue weighted by Crippen LogP contribution is 2.26. The van der Waals surface area contributed by atoms with Crippen molar-refractivity contribution in [3.8, 4) is 11.5 Å². The van der Waals surface area contributed by atoms with Crippen LogP contribution >= 0.6 is 0 Å². The molecule has 0 fully saturated rings. The van der Waals surface area contributed by atoms with Crippen LogP contribution in [-0.2, 0) is 9.53 Å². The van der Waals surface area contributed by atoms with Crippen LogP contribution in [0, 0.1) is 0 Å². The summed E-state index contributed by atoms with van der Waals surface area (Å²) in [6.07, 6.45) is 0.589. The van der Waals surface area contributed by atoms with Crippen molar-refractivity contribution in [2.75, 3.05) is 11.9 Å². The van der Waals surface area contributed by atoms with Crippen molar-refractivity contribution >= 4 is 28.5 Å². The lowest BCUT2D eigenvalue weighted by Crippen LogP contribution is -2.37. The third-order valence-electron chi connectivity index (χ3n) is 4.82. The van der Waals surface area contributed by atoms with E-state index in [1.54, 1.807) is 44.5 Å². The van der Waals surface area contributed by atoms with Gasteiger partial charge in [-0.2, -0.15) is 0 Å². The Bertz CT molecular complexity index is 1190. The van der Waals surface area contributed by atoms with Gasteiger partial charge in [-0.3, -0.25) is 4.79 Å². The van der Waals surface area contributed by atoms with Crippen LogP contribution in [0.25, 0.3) is 22.4 Å². The first-order chi connectivity index (χ1) is 14.5. The van der Waals surface area contributed by atoms with Crippen LogP contribution in [0.3, 0.4) is 0 Å². The molecule has 6 nitrogen and oxygen atoms in total. The maximum absolute atomic E-state index is 13.0. The molecule has 0 aliphatic carbocycles. The summed E-state index contributed by atoms with van der Waals surface area (Å²) >= 11 is 0. The van der Waals surface area contributed by atoms with Gasteiger partial charge in [-0.1, -0.05) is 36.4 Å². The van der Waals surface area contributed by atoms with Gasteiger partial charge in [0, 0.05) is 18.1 Å². The summed E-state index contributed by atoms with van der Waals surface area (Å²) < 4.78 is 11.0. The number of hydrogen-bond acceptors (Lipinski definition) is 5. The lowest BCUT2D eigenvalue weighted by atomic mass is 10.1. The SMILES string of the molecule is C[C@H](OC(=O)c1cc(-c2ccco2)nc2ccccc12)C(=O)N(C)c1ccccc1. The molecule has 4 aromatic rings. The highest BCUT2D eigenvalue weighted by Gasteiger charge is 2.24. The molecule has 1 amide bonds. The number of likely N-dealkylation sites (N-methyl/N-ethyl adjacent to an activating group) is 1. The van der Waals surface area contributed by atoms with Crippen molar-refractivity contribution in [1.82, 2.24) is 4.98 Å². The fourth-order valence-electron chi connectivity index (χ4n) is 3.22.